The number of nitrogens with one attached hydrogen (secondary N) is 1. The van der Waals surface area contributed by atoms with E-state index in [1.165, 1.54) is 42.7 Å². The molecule has 1 N–H and O–H groups in total. The first-order valence-corrected chi connectivity index (χ1v) is 8.40. The molecule has 7 nitrogen and oxygen atoms in total. The third-order valence-electron chi connectivity index (χ3n) is 3.79. The summed E-state index contributed by atoms with van der Waals surface area (Å²) in [5, 5.41) is 6.84. The van der Waals surface area contributed by atoms with Crippen LogP contribution in [0.25, 0.3) is 5.69 Å². The maximum atomic E-state index is 13.1. The van der Waals surface area contributed by atoms with Crippen LogP contribution in [0.3, 0.4) is 0 Å². The zero-order valence-corrected chi connectivity index (χ0v) is 14.6. The van der Waals surface area contributed by atoms with Gasteiger partial charge in [0.15, 0.2) is 6.10 Å². The normalized spacial score (nSPS) is 11.8. The Morgan fingerprint density at radius 1 is 1.26 bits per heavy atom. The lowest BCUT2D eigenvalue weighted by molar-refractivity contribution is -0.128. The number of halogens is 1. The number of rotatable bonds is 7. The first-order chi connectivity index (χ1) is 13.1. The highest BCUT2D eigenvalue weighted by Gasteiger charge is 2.19. The van der Waals surface area contributed by atoms with Crippen molar-refractivity contribution in [2.24, 2.45) is 0 Å². The van der Waals surface area contributed by atoms with E-state index < -0.39 is 17.5 Å². The fourth-order valence-electron chi connectivity index (χ4n) is 2.39. The summed E-state index contributed by atoms with van der Waals surface area (Å²) in [6.45, 7) is 2.04. The van der Waals surface area contributed by atoms with E-state index in [1.807, 2.05) is 0 Å². The first-order valence-electron chi connectivity index (χ1n) is 8.40. The highest BCUT2D eigenvalue weighted by atomic mass is 19.1. The van der Waals surface area contributed by atoms with E-state index in [0.29, 0.717) is 17.9 Å². The zero-order chi connectivity index (χ0) is 19.2. The van der Waals surface area contributed by atoms with Gasteiger partial charge >= 0.3 is 0 Å². The van der Waals surface area contributed by atoms with Gasteiger partial charge in [0.05, 0.1) is 18.5 Å². The second-order valence-electron chi connectivity index (χ2n) is 5.71. The summed E-state index contributed by atoms with van der Waals surface area (Å²) in [6, 6.07) is 11.5. The quantitative estimate of drug-likeness (QED) is 0.689. The second-order valence-corrected chi connectivity index (χ2v) is 5.71. The molecule has 0 fully saturated rings. The molecule has 0 saturated carbocycles. The summed E-state index contributed by atoms with van der Waals surface area (Å²) in [5.41, 5.74) is -0.00792. The summed E-state index contributed by atoms with van der Waals surface area (Å²) >= 11 is 0. The molecule has 1 amide bonds. The number of furan rings is 1. The van der Waals surface area contributed by atoms with Crippen molar-refractivity contribution in [3.63, 3.8) is 0 Å². The van der Waals surface area contributed by atoms with E-state index in [-0.39, 0.29) is 18.3 Å². The monoisotopic (exact) mass is 371 g/mol. The van der Waals surface area contributed by atoms with E-state index in [4.69, 9.17) is 9.15 Å². The van der Waals surface area contributed by atoms with Crippen molar-refractivity contribution in [2.75, 3.05) is 0 Å². The summed E-state index contributed by atoms with van der Waals surface area (Å²) in [6.07, 6.45) is 1.14. The van der Waals surface area contributed by atoms with Gasteiger partial charge in [0.25, 0.3) is 11.5 Å². The van der Waals surface area contributed by atoms with Gasteiger partial charge in [0, 0.05) is 12.1 Å². The molecule has 0 aliphatic rings. The molecule has 0 radical (unpaired) electrons. The molecule has 0 aliphatic heterocycles. The van der Waals surface area contributed by atoms with Gasteiger partial charge in [-0.2, -0.15) is 4.68 Å². The Morgan fingerprint density at radius 2 is 2.04 bits per heavy atom. The number of aromatic nitrogens is 2. The van der Waals surface area contributed by atoms with Gasteiger partial charge in [0.1, 0.15) is 11.6 Å². The van der Waals surface area contributed by atoms with Crippen molar-refractivity contribution >= 4 is 5.91 Å². The van der Waals surface area contributed by atoms with Crippen LogP contribution in [0, 0.1) is 5.82 Å². The molecule has 1 unspecified atom stereocenters. The lowest BCUT2D eigenvalue weighted by Gasteiger charge is -2.16. The van der Waals surface area contributed by atoms with Gasteiger partial charge in [-0.05, 0) is 42.8 Å². The topological polar surface area (TPSA) is 86.4 Å². The molecule has 0 spiro atoms. The zero-order valence-electron chi connectivity index (χ0n) is 14.6. The van der Waals surface area contributed by atoms with E-state index in [0.717, 1.165) is 4.68 Å². The number of hydrogen-bond donors (Lipinski definition) is 1. The number of benzene rings is 1. The number of amides is 1. The maximum Gasteiger partial charge on any atom is 0.271 e. The second kappa shape index (κ2) is 8.31. The molecule has 2 aromatic heterocycles. The summed E-state index contributed by atoms with van der Waals surface area (Å²) in [5.74, 6) is -0.00572. The Kier molecular flexibility index (Phi) is 5.65. The van der Waals surface area contributed by atoms with Crippen LogP contribution in [-0.4, -0.2) is 21.8 Å². The molecular formula is C19H18FN3O4. The molecule has 3 aromatic rings. The third-order valence-corrected chi connectivity index (χ3v) is 3.79. The molecule has 1 atom stereocenters. The number of carbonyl (C=O) groups is 1. The van der Waals surface area contributed by atoms with Crippen LogP contribution in [0.2, 0.25) is 0 Å². The van der Waals surface area contributed by atoms with Crippen LogP contribution in [0.5, 0.6) is 5.88 Å². The molecule has 140 valence electrons. The van der Waals surface area contributed by atoms with Crippen LogP contribution in [-0.2, 0) is 11.3 Å². The predicted octanol–water partition coefficient (Wildman–Crippen LogP) is 2.44. The van der Waals surface area contributed by atoms with E-state index in [9.17, 15) is 14.0 Å². The third kappa shape index (κ3) is 4.60. The SMILES string of the molecule is CCC(Oc1ccc(=O)n(-c2ccc(F)cc2)n1)C(=O)NCc1ccco1. The smallest absolute Gasteiger partial charge is 0.271 e. The van der Waals surface area contributed by atoms with Crippen molar-refractivity contribution in [3.05, 3.63) is 76.7 Å². The summed E-state index contributed by atoms with van der Waals surface area (Å²) in [4.78, 5) is 24.4. The molecule has 2 heterocycles. The number of hydrogen-bond acceptors (Lipinski definition) is 5. The molecule has 0 bridgehead atoms. The molecule has 8 heteroatoms. The standard InChI is InChI=1S/C19H18FN3O4/c1-2-16(19(25)21-12-15-4-3-11-26-15)27-17-9-10-18(24)23(22-17)14-7-5-13(20)6-8-14/h3-11,16H,2,12H2,1H3,(H,21,25). The Morgan fingerprint density at radius 3 is 2.70 bits per heavy atom. The van der Waals surface area contributed by atoms with Crippen molar-refractivity contribution in [3.8, 4) is 11.6 Å². The van der Waals surface area contributed by atoms with Crippen LogP contribution in [0.1, 0.15) is 19.1 Å². The molecule has 0 aliphatic carbocycles. The average Bonchev–Trinajstić information content (AvgIpc) is 3.20. The highest BCUT2D eigenvalue weighted by Crippen LogP contribution is 2.12. The van der Waals surface area contributed by atoms with Crippen molar-refractivity contribution < 1.29 is 18.3 Å². The first kappa shape index (κ1) is 18.4. The number of nitrogens with zero attached hydrogens (tertiary/aromatic N) is 2. The summed E-state index contributed by atoms with van der Waals surface area (Å²) in [7, 11) is 0. The Bertz CT molecular complexity index is 952. The van der Waals surface area contributed by atoms with Crippen molar-refractivity contribution in [1.82, 2.24) is 15.1 Å². The average molecular weight is 371 g/mol. The van der Waals surface area contributed by atoms with Crippen LogP contribution >= 0.6 is 0 Å². The minimum absolute atomic E-state index is 0.110. The molecular weight excluding hydrogens is 353 g/mol. The van der Waals surface area contributed by atoms with E-state index in [2.05, 4.69) is 10.4 Å². The van der Waals surface area contributed by atoms with Gasteiger partial charge in [-0.15, -0.1) is 5.10 Å². The van der Waals surface area contributed by atoms with Crippen molar-refractivity contribution in [1.29, 1.82) is 0 Å². The Balaban J connectivity index is 1.73. The fourth-order valence-corrected chi connectivity index (χ4v) is 2.39. The van der Waals surface area contributed by atoms with Gasteiger partial charge in [-0.25, -0.2) is 4.39 Å². The van der Waals surface area contributed by atoms with Gasteiger partial charge in [-0.1, -0.05) is 6.92 Å². The van der Waals surface area contributed by atoms with Gasteiger partial charge < -0.3 is 14.5 Å². The van der Waals surface area contributed by atoms with E-state index >= 15 is 0 Å². The minimum atomic E-state index is -0.786. The molecule has 3 rings (SSSR count). The highest BCUT2D eigenvalue weighted by molar-refractivity contribution is 5.80. The molecule has 27 heavy (non-hydrogen) atoms. The van der Waals surface area contributed by atoms with Gasteiger partial charge in [0.2, 0.25) is 5.88 Å². The number of ether oxygens (including phenoxy) is 1. The van der Waals surface area contributed by atoms with Gasteiger partial charge in [-0.3, -0.25) is 9.59 Å². The fraction of sp³-hybridized carbons (Fsp3) is 0.211. The predicted molar refractivity (Wildman–Crippen MR) is 95.1 cm³/mol. The maximum absolute atomic E-state index is 13.1. The molecule has 0 saturated heterocycles. The van der Waals surface area contributed by atoms with Crippen LogP contribution in [0.4, 0.5) is 4.39 Å². The van der Waals surface area contributed by atoms with Crippen molar-refractivity contribution in [2.45, 2.75) is 26.0 Å². The van der Waals surface area contributed by atoms with Crippen LogP contribution < -0.4 is 15.6 Å². The lowest BCUT2D eigenvalue weighted by Crippen LogP contribution is -2.38. The number of carbonyl (C=O) groups excluding carboxylic acids is 1. The largest absolute Gasteiger partial charge is 0.467 e. The Labute approximate surface area is 154 Å². The Hall–Kier alpha value is -3.42. The lowest BCUT2D eigenvalue weighted by atomic mass is 10.2. The van der Waals surface area contributed by atoms with Crippen LogP contribution in [0.15, 0.2) is 64.0 Å². The molecule has 1 aromatic carbocycles. The summed E-state index contributed by atoms with van der Waals surface area (Å²) < 4.78 is 25.0. The minimum Gasteiger partial charge on any atom is -0.467 e. The van der Waals surface area contributed by atoms with E-state index in [1.54, 1.807) is 19.1 Å².